The second kappa shape index (κ2) is 11.8. The lowest BCUT2D eigenvalue weighted by Crippen LogP contribution is -2.04. The molecule has 29 heavy (non-hydrogen) atoms. The van der Waals surface area contributed by atoms with Crippen LogP contribution in [-0.2, 0) is 17.7 Å². The van der Waals surface area contributed by atoms with Gasteiger partial charge in [-0.25, -0.2) is 0 Å². The Balaban J connectivity index is 1.36. The molecule has 152 valence electrons. The summed E-state index contributed by atoms with van der Waals surface area (Å²) in [5.74, 6) is 1.76. The molecule has 0 radical (unpaired) electrons. The molecule has 3 aromatic carbocycles. The second-order valence-corrected chi connectivity index (χ2v) is 6.80. The molecule has 0 heterocycles. The SMILES string of the molecule is COCCOc1ccc(CNc2ccc(OCCCc3ccccc3)cc2)cc1. The van der Waals surface area contributed by atoms with E-state index < -0.39 is 0 Å². The number of nitrogens with one attached hydrogen (secondary N) is 1. The summed E-state index contributed by atoms with van der Waals surface area (Å²) in [7, 11) is 1.67. The van der Waals surface area contributed by atoms with Crippen LogP contribution in [0.25, 0.3) is 0 Å². The lowest BCUT2D eigenvalue weighted by atomic mass is 10.1. The van der Waals surface area contributed by atoms with Crippen LogP contribution in [0.1, 0.15) is 17.5 Å². The molecule has 0 saturated carbocycles. The molecule has 4 heteroatoms. The summed E-state index contributed by atoms with van der Waals surface area (Å²) in [4.78, 5) is 0. The van der Waals surface area contributed by atoms with Crippen molar-refractivity contribution in [3.05, 3.63) is 90.0 Å². The summed E-state index contributed by atoms with van der Waals surface area (Å²) in [6.07, 6.45) is 2.05. The number of rotatable bonds is 12. The van der Waals surface area contributed by atoms with Crippen LogP contribution in [0.15, 0.2) is 78.9 Å². The van der Waals surface area contributed by atoms with Crippen molar-refractivity contribution in [2.75, 3.05) is 32.2 Å². The molecule has 0 aliphatic rings. The van der Waals surface area contributed by atoms with E-state index in [9.17, 15) is 0 Å². The van der Waals surface area contributed by atoms with Crippen molar-refractivity contribution in [1.29, 1.82) is 0 Å². The third-order valence-electron chi connectivity index (χ3n) is 4.55. The van der Waals surface area contributed by atoms with E-state index >= 15 is 0 Å². The first-order valence-electron chi connectivity index (χ1n) is 10.0. The van der Waals surface area contributed by atoms with E-state index in [1.54, 1.807) is 7.11 Å². The van der Waals surface area contributed by atoms with Gasteiger partial charge < -0.3 is 19.5 Å². The number of hydrogen-bond acceptors (Lipinski definition) is 4. The van der Waals surface area contributed by atoms with Crippen LogP contribution in [0, 0.1) is 0 Å². The van der Waals surface area contributed by atoms with Gasteiger partial charge in [-0.05, 0) is 60.4 Å². The van der Waals surface area contributed by atoms with E-state index in [1.165, 1.54) is 11.1 Å². The average Bonchev–Trinajstić information content (AvgIpc) is 2.78. The van der Waals surface area contributed by atoms with Crippen LogP contribution in [0.4, 0.5) is 5.69 Å². The summed E-state index contributed by atoms with van der Waals surface area (Å²) in [5, 5.41) is 3.43. The monoisotopic (exact) mass is 391 g/mol. The highest BCUT2D eigenvalue weighted by Crippen LogP contribution is 2.18. The van der Waals surface area contributed by atoms with Crippen molar-refractivity contribution in [3.63, 3.8) is 0 Å². The Hall–Kier alpha value is -2.98. The Labute approximate surface area is 173 Å². The van der Waals surface area contributed by atoms with E-state index in [2.05, 4.69) is 53.8 Å². The van der Waals surface area contributed by atoms with Crippen molar-refractivity contribution in [1.82, 2.24) is 0 Å². The zero-order chi connectivity index (χ0) is 20.2. The van der Waals surface area contributed by atoms with Crippen molar-refractivity contribution < 1.29 is 14.2 Å². The summed E-state index contributed by atoms with van der Waals surface area (Å²) >= 11 is 0. The number of hydrogen-bond donors (Lipinski definition) is 1. The zero-order valence-electron chi connectivity index (χ0n) is 17.0. The van der Waals surface area contributed by atoms with E-state index in [1.807, 2.05) is 30.3 Å². The predicted octanol–water partition coefficient (Wildman–Crippen LogP) is 5.34. The molecule has 1 N–H and O–H groups in total. The highest BCUT2D eigenvalue weighted by molar-refractivity contribution is 5.47. The lowest BCUT2D eigenvalue weighted by Gasteiger charge is -2.10. The van der Waals surface area contributed by atoms with Gasteiger partial charge in [-0.15, -0.1) is 0 Å². The highest BCUT2D eigenvalue weighted by Gasteiger charge is 1.99. The van der Waals surface area contributed by atoms with Crippen LogP contribution in [0.5, 0.6) is 11.5 Å². The number of anilines is 1. The molecule has 0 bridgehead atoms. The smallest absolute Gasteiger partial charge is 0.119 e. The number of benzene rings is 3. The van der Waals surface area contributed by atoms with E-state index in [0.29, 0.717) is 13.2 Å². The third kappa shape index (κ3) is 7.51. The predicted molar refractivity (Wildman–Crippen MR) is 118 cm³/mol. The standard InChI is InChI=1S/C25H29NO3/c1-27-18-19-29-24-13-9-22(10-14-24)20-26-23-11-15-25(16-12-23)28-17-5-8-21-6-3-2-4-7-21/h2-4,6-7,9-16,26H,5,8,17-20H2,1H3. The van der Waals surface area contributed by atoms with Crippen LogP contribution >= 0.6 is 0 Å². The van der Waals surface area contributed by atoms with Crippen molar-refractivity contribution in [3.8, 4) is 11.5 Å². The Morgan fingerprint density at radius 2 is 1.31 bits per heavy atom. The fourth-order valence-electron chi connectivity index (χ4n) is 2.93. The maximum Gasteiger partial charge on any atom is 0.119 e. The molecule has 0 fully saturated rings. The molecule has 0 saturated heterocycles. The Morgan fingerprint density at radius 1 is 0.655 bits per heavy atom. The average molecular weight is 392 g/mol. The van der Waals surface area contributed by atoms with Gasteiger partial charge in [-0.1, -0.05) is 42.5 Å². The molecule has 0 aromatic heterocycles. The van der Waals surface area contributed by atoms with Gasteiger partial charge in [0.05, 0.1) is 13.2 Å². The van der Waals surface area contributed by atoms with Gasteiger partial charge in [0.1, 0.15) is 18.1 Å². The van der Waals surface area contributed by atoms with Crippen LogP contribution in [0.2, 0.25) is 0 Å². The Bertz CT molecular complexity index is 817. The Kier molecular flexibility index (Phi) is 8.42. The van der Waals surface area contributed by atoms with E-state index in [4.69, 9.17) is 14.2 Å². The second-order valence-electron chi connectivity index (χ2n) is 6.80. The molecule has 0 atom stereocenters. The summed E-state index contributed by atoms with van der Waals surface area (Å²) in [6, 6.07) is 26.7. The normalized spacial score (nSPS) is 10.5. The minimum atomic E-state index is 0.564. The van der Waals surface area contributed by atoms with Crippen LogP contribution < -0.4 is 14.8 Å². The van der Waals surface area contributed by atoms with Gasteiger partial charge >= 0.3 is 0 Å². The molecule has 0 aliphatic heterocycles. The quantitative estimate of drug-likeness (QED) is 0.423. The van der Waals surface area contributed by atoms with Gasteiger partial charge in [0, 0.05) is 19.3 Å². The largest absolute Gasteiger partial charge is 0.494 e. The van der Waals surface area contributed by atoms with Crippen LogP contribution in [-0.4, -0.2) is 26.9 Å². The fraction of sp³-hybridized carbons (Fsp3) is 0.280. The first kappa shape index (κ1) is 20.7. The summed E-state index contributed by atoms with van der Waals surface area (Å²) in [5.41, 5.74) is 3.62. The van der Waals surface area contributed by atoms with Crippen LogP contribution in [0.3, 0.4) is 0 Å². The molecule has 3 rings (SSSR count). The highest BCUT2D eigenvalue weighted by atomic mass is 16.5. The maximum absolute atomic E-state index is 5.85. The molecule has 0 spiro atoms. The molecule has 3 aromatic rings. The maximum atomic E-state index is 5.85. The van der Waals surface area contributed by atoms with Crippen molar-refractivity contribution in [2.45, 2.75) is 19.4 Å². The third-order valence-corrected chi connectivity index (χ3v) is 4.55. The zero-order valence-corrected chi connectivity index (χ0v) is 17.0. The molecule has 0 aliphatic carbocycles. The molecular weight excluding hydrogens is 362 g/mol. The van der Waals surface area contributed by atoms with Gasteiger partial charge in [-0.3, -0.25) is 0 Å². The minimum absolute atomic E-state index is 0.564. The first-order valence-corrected chi connectivity index (χ1v) is 10.0. The summed E-state index contributed by atoms with van der Waals surface area (Å²) < 4.78 is 16.4. The minimum Gasteiger partial charge on any atom is -0.494 e. The Morgan fingerprint density at radius 3 is 2.00 bits per heavy atom. The topological polar surface area (TPSA) is 39.7 Å². The van der Waals surface area contributed by atoms with E-state index in [-0.39, 0.29) is 0 Å². The van der Waals surface area contributed by atoms with Gasteiger partial charge in [0.2, 0.25) is 0 Å². The van der Waals surface area contributed by atoms with Gasteiger partial charge in [0.25, 0.3) is 0 Å². The van der Waals surface area contributed by atoms with E-state index in [0.717, 1.165) is 43.2 Å². The number of methoxy groups -OCH3 is 1. The number of aryl methyl sites for hydroxylation is 1. The summed E-state index contributed by atoms with van der Waals surface area (Å²) in [6.45, 7) is 2.64. The molecule has 0 unspecified atom stereocenters. The first-order chi connectivity index (χ1) is 14.3. The van der Waals surface area contributed by atoms with Crippen molar-refractivity contribution >= 4 is 5.69 Å². The van der Waals surface area contributed by atoms with Gasteiger partial charge in [0.15, 0.2) is 0 Å². The van der Waals surface area contributed by atoms with Crippen molar-refractivity contribution in [2.24, 2.45) is 0 Å². The van der Waals surface area contributed by atoms with Gasteiger partial charge in [-0.2, -0.15) is 0 Å². The number of ether oxygens (including phenoxy) is 3. The fourth-order valence-corrected chi connectivity index (χ4v) is 2.93. The molecule has 4 nitrogen and oxygen atoms in total. The molecule has 0 amide bonds. The molecular formula is C25H29NO3. The lowest BCUT2D eigenvalue weighted by molar-refractivity contribution is 0.146.